The third kappa shape index (κ3) is 5.88. The number of hydrogen-bond acceptors (Lipinski definition) is 4. The highest BCUT2D eigenvalue weighted by Gasteiger charge is 2.34. The molecule has 0 aromatic heterocycles. The molecule has 3 aromatic rings. The Hall–Kier alpha value is -3.24. The van der Waals surface area contributed by atoms with Gasteiger partial charge < -0.3 is 10.1 Å². The number of alkyl halides is 3. The summed E-state index contributed by atoms with van der Waals surface area (Å²) in [5.74, 6) is -0.790. The van der Waals surface area contributed by atoms with E-state index in [1.807, 2.05) is 0 Å². The number of nitrogens with one attached hydrogen (secondary N) is 1. The summed E-state index contributed by atoms with van der Waals surface area (Å²) in [5.41, 5.74) is 0.0830. The van der Waals surface area contributed by atoms with Gasteiger partial charge in [-0.2, -0.15) is 13.2 Å². The van der Waals surface area contributed by atoms with Gasteiger partial charge in [0.15, 0.2) is 0 Å². The fourth-order valence-corrected chi connectivity index (χ4v) is 5.15. The predicted octanol–water partition coefficient (Wildman–Crippen LogP) is 5.82. The van der Waals surface area contributed by atoms with E-state index >= 15 is 0 Å². The lowest BCUT2D eigenvalue weighted by Gasteiger charge is -2.26. The van der Waals surface area contributed by atoms with Gasteiger partial charge in [-0.25, -0.2) is 8.42 Å². The molecule has 3 rings (SSSR count). The molecule has 35 heavy (non-hydrogen) atoms. The molecular formula is C24H22ClF3N2O4S. The number of methoxy groups -OCH3 is 1. The Morgan fingerprint density at radius 1 is 1.06 bits per heavy atom. The number of amides is 1. The van der Waals surface area contributed by atoms with Crippen molar-refractivity contribution in [2.75, 3.05) is 23.3 Å². The Morgan fingerprint density at radius 3 is 2.40 bits per heavy atom. The third-order valence-corrected chi connectivity index (χ3v) is 7.38. The van der Waals surface area contributed by atoms with Crippen LogP contribution in [0, 0.1) is 13.8 Å². The van der Waals surface area contributed by atoms with Crippen LogP contribution in [0.5, 0.6) is 5.75 Å². The number of rotatable bonds is 7. The second-order valence-electron chi connectivity index (χ2n) is 7.67. The van der Waals surface area contributed by atoms with Crippen molar-refractivity contribution in [2.45, 2.75) is 24.9 Å². The summed E-state index contributed by atoms with van der Waals surface area (Å²) in [5, 5.41) is 2.96. The predicted molar refractivity (Wildman–Crippen MR) is 129 cm³/mol. The van der Waals surface area contributed by atoms with Crippen molar-refractivity contribution < 1.29 is 31.1 Å². The fourth-order valence-electron chi connectivity index (χ4n) is 3.32. The molecule has 0 aliphatic heterocycles. The molecule has 0 unspecified atom stereocenters. The second kappa shape index (κ2) is 10.2. The summed E-state index contributed by atoms with van der Waals surface area (Å²) >= 11 is 6.08. The maximum absolute atomic E-state index is 13.7. The number of nitrogens with zero attached hydrogens (tertiary/aromatic N) is 1. The van der Waals surface area contributed by atoms with Crippen molar-refractivity contribution >= 4 is 38.9 Å². The van der Waals surface area contributed by atoms with Gasteiger partial charge in [0.25, 0.3) is 10.0 Å². The molecule has 1 N–H and O–H groups in total. The van der Waals surface area contributed by atoms with Crippen molar-refractivity contribution in [3.8, 4) is 5.75 Å². The zero-order valence-electron chi connectivity index (χ0n) is 19.0. The number of sulfonamides is 1. The van der Waals surface area contributed by atoms with Gasteiger partial charge in [0.05, 0.1) is 18.4 Å². The zero-order valence-corrected chi connectivity index (χ0v) is 20.6. The van der Waals surface area contributed by atoms with Crippen molar-refractivity contribution in [3.63, 3.8) is 0 Å². The Kier molecular flexibility index (Phi) is 7.66. The minimum Gasteiger partial charge on any atom is -0.495 e. The van der Waals surface area contributed by atoms with Crippen LogP contribution in [0.15, 0.2) is 65.6 Å². The van der Waals surface area contributed by atoms with Gasteiger partial charge in [-0.1, -0.05) is 29.8 Å². The van der Waals surface area contributed by atoms with Crippen LogP contribution >= 0.6 is 11.6 Å². The van der Waals surface area contributed by atoms with Gasteiger partial charge in [-0.05, 0) is 67.4 Å². The minimum absolute atomic E-state index is 0.0151. The van der Waals surface area contributed by atoms with E-state index in [2.05, 4.69) is 5.32 Å². The molecule has 0 fully saturated rings. The molecule has 186 valence electrons. The van der Waals surface area contributed by atoms with Crippen molar-refractivity contribution in [1.29, 1.82) is 0 Å². The average Bonchev–Trinajstić information content (AvgIpc) is 2.80. The number of hydrogen-bond donors (Lipinski definition) is 1. The number of aryl methyl sites for hydroxylation is 1. The smallest absolute Gasteiger partial charge is 0.416 e. The molecule has 0 bridgehead atoms. The highest BCUT2D eigenvalue weighted by molar-refractivity contribution is 7.93. The average molecular weight is 527 g/mol. The summed E-state index contributed by atoms with van der Waals surface area (Å²) in [6, 6.07) is 12.9. The van der Waals surface area contributed by atoms with Crippen molar-refractivity contribution in [1.82, 2.24) is 0 Å². The second-order valence-corrected chi connectivity index (χ2v) is 9.91. The standard InChI is InChI=1S/C24H22ClF3N2O4S/c1-15-10-11-21(34-3)22(12-15)35(32,33)30(18-7-4-6-17(13-18)24(26,27)28)14-23(31)29-20-9-5-8-19(25)16(20)2/h4-13H,14H2,1-3H3,(H,29,31). The molecular weight excluding hydrogens is 505 g/mol. The summed E-state index contributed by atoms with van der Waals surface area (Å²) < 4.78 is 73.3. The molecule has 0 atom stereocenters. The summed E-state index contributed by atoms with van der Waals surface area (Å²) in [7, 11) is -3.26. The topological polar surface area (TPSA) is 75.7 Å². The van der Waals surface area contributed by atoms with E-state index in [0.717, 1.165) is 12.1 Å². The molecule has 1 amide bonds. The van der Waals surface area contributed by atoms with Gasteiger partial charge in [0, 0.05) is 10.7 Å². The fraction of sp³-hybridized carbons (Fsp3) is 0.208. The normalized spacial score (nSPS) is 11.7. The van der Waals surface area contributed by atoms with Crippen LogP contribution in [0.2, 0.25) is 5.02 Å². The van der Waals surface area contributed by atoms with Crippen LogP contribution in [0.25, 0.3) is 0 Å². The largest absolute Gasteiger partial charge is 0.495 e. The van der Waals surface area contributed by atoms with Crippen LogP contribution in [0.1, 0.15) is 16.7 Å². The molecule has 0 aliphatic rings. The van der Waals surface area contributed by atoms with E-state index in [1.165, 1.54) is 25.3 Å². The maximum atomic E-state index is 13.7. The van der Waals surface area contributed by atoms with Crippen LogP contribution in [-0.2, 0) is 21.0 Å². The summed E-state index contributed by atoms with van der Waals surface area (Å²) in [4.78, 5) is 12.6. The first-order valence-electron chi connectivity index (χ1n) is 10.2. The van der Waals surface area contributed by atoms with E-state index in [4.69, 9.17) is 16.3 Å². The van der Waals surface area contributed by atoms with Gasteiger partial charge in [-0.15, -0.1) is 0 Å². The maximum Gasteiger partial charge on any atom is 0.416 e. The highest BCUT2D eigenvalue weighted by atomic mass is 35.5. The van der Waals surface area contributed by atoms with Crippen molar-refractivity contribution in [2.24, 2.45) is 0 Å². The molecule has 0 aliphatic carbocycles. The number of carbonyl (C=O) groups excluding carboxylic acids is 1. The van der Waals surface area contributed by atoms with E-state index in [9.17, 15) is 26.4 Å². The number of halogens is 4. The van der Waals surface area contributed by atoms with Gasteiger partial charge in [0.1, 0.15) is 17.2 Å². The molecule has 0 heterocycles. The monoisotopic (exact) mass is 526 g/mol. The first kappa shape index (κ1) is 26.4. The van der Waals surface area contributed by atoms with Gasteiger partial charge in [-0.3, -0.25) is 9.10 Å². The quantitative estimate of drug-likeness (QED) is 0.421. The molecule has 0 saturated heterocycles. The lowest BCUT2D eigenvalue weighted by Crippen LogP contribution is -2.38. The van der Waals surface area contributed by atoms with Gasteiger partial charge in [0.2, 0.25) is 5.91 Å². The van der Waals surface area contributed by atoms with Crippen molar-refractivity contribution in [3.05, 3.63) is 82.4 Å². The van der Waals surface area contributed by atoms with E-state index in [1.54, 1.807) is 38.1 Å². The van der Waals surface area contributed by atoms with E-state index in [-0.39, 0.29) is 16.3 Å². The van der Waals surface area contributed by atoms with E-state index in [0.29, 0.717) is 32.2 Å². The molecule has 6 nitrogen and oxygen atoms in total. The number of benzene rings is 3. The lowest BCUT2D eigenvalue weighted by molar-refractivity contribution is -0.137. The van der Waals surface area contributed by atoms with Crippen LogP contribution in [0.3, 0.4) is 0 Å². The summed E-state index contributed by atoms with van der Waals surface area (Å²) in [6.07, 6.45) is -4.72. The van der Waals surface area contributed by atoms with Gasteiger partial charge >= 0.3 is 6.18 Å². The number of ether oxygens (including phenoxy) is 1. The molecule has 0 spiro atoms. The number of anilines is 2. The van der Waals surface area contributed by atoms with Crippen LogP contribution in [0.4, 0.5) is 24.5 Å². The minimum atomic E-state index is -4.72. The lowest BCUT2D eigenvalue weighted by atomic mass is 10.2. The van der Waals surface area contributed by atoms with Crippen LogP contribution in [-0.4, -0.2) is 28.0 Å². The first-order valence-corrected chi connectivity index (χ1v) is 12.1. The molecule has 0 saturated carbocycles. The Morgan fingerprint density at radius 2 is 1.74 bits per heavy atom. The SMILES string of the molecule is COc1ccc(C)cc1S(=O)(=O)N(CC(=O)Nc1cccc(Cl)c1C)c1cccc(C(F)(F)F)c1. The summed E-state index contributed by atoms with van der Waals surface area (Å²) in [6.45, 7) is 2.52. The zero-order chi connectivity index (χ0) is 26.0. The molecule has 11 heteroatoms. The number of carbonyl (C=O) groups is 1. The highest BCUT2D eigenvalue weighted by Crippen LogP contribution is 2.35. The van der Waals surface area contributed by atoms with Crippen LogP contribution < -0.4 is 14.4 Å². The molecule has 3 aromatic carbocycles. The van der Waals surface area contributed by atoms with E-state index < -0.39 is 34.2 Å². The third-order valence-electron chi connectivity index (χ3n) is 5.18. The molecule has 0 radical (unpaired) electrons. The Balaban J connectivity index is 2.10. The first-order chi connectivity index (χ1) is 16.3. The Labute approximate surface area is 206 Å². The Bertz CT molecular complexity index is 1360.